The number of aryl methyl sites for hydroxylation is 3. The molecule has 0 radical (unpaired) electrons. The molecule has 5 heteroatoms. The highest BCUT2D eigenvalue weighted by Crippen LogP contribution is 2.26. The number of nitrogens with zero attached hydrogens (tertiary/aromatic N) is 4. The molecule has 3 rings (SSSR count). The summed E-state index contributed by atoms with van der Waals surface area (Å²) in [6, 6.07) is 8.43. The van der Waals surface area contributed by atoms with E-state index in [1.54, 1.807) is 0 Å². The van der Waals surface area contributed by atoms with Gasteiger partial charge in [-0.05, 0) is 46.6 Å². The Labute approximate surface area is 150 Å². The molecule has 0 aliphatic carbocycles. The van der Waals surface area contributed by atoms with E-state index in [4.69, 9.17) is 0 Å². The first-order valence-corrected chi connectivity index (χ1v) is 9.01. The van der Waals surface area contributed by atoms with Crippen molar-refractivity contribution in [3.05, 3.63) is 47.0 Å². The fraction of sp³-hybridized carbons (Fsp3) is 0.550. The zero-order valence-corrected chi connectivity index (χ0v) is 15.9. The van der Waals surface area contributed by atoms with Gasteiger partial charge in [0.05, 0.1) is 12.5 Å². The molecule has 1 aromatic heterocycles. The van der Waals surface area contributed by atoms with Gasteiger partial charge in [0.15, 0.2) is 0 Å². The van der Waals surface area contributed by atoms with Crippen LogP contribution in [0.25, 0.3) is 0 Å². The standard InChI is InChI=1S/C20H28N4O/c1-14-6-8-16(9-7-14)12-23(20(3,4)5)19(25)17-10-11-18-21-15(2)22-24(18)13-17/h6-9,17H,10-13H2,1-5H3. The molecular formula is C20H28N4O. The molecule has 0 saturated heterocycles. The van der Waals surface area contributed by atoms with E-state index >= 15 is 0 Å². The smallest absolute Gasteiger partial charge is 0.228 e. The molecule has 0 spiro atoms. The number of hydrogen-bond donors (Lipinski definition) is 0. The summed E-state index contributed by atoms with van der Waals surface area (Å²) in [4.78, 5) is 19.7. The SMILES string of the molecule is Cc1ccc(CN(C(=O)C2CCc3nc(C)nn3C2)C(C)(C)C)cc1. The molecule has 0 saturated carbocycles. The number of fused-ring (bicyclic) bond motifs is 1. The van der Waals surface area contributed by atoms with Crippen LogP contribution >= 0.6 is 0 Å². The molecule has 0 bridgehead atoms. The van der Waals surface area contributed by atoms with Crippen molar-refractivity contribution in [3.63, 3.8) is 0 Å². The van der Waals surface area contributed by atoms with Gasteiger partial charge >= 0.3 is 0 Å². The van der Waals surface area contributed by atoms with Crippen molar-refractivity contribution >= 4 is 5.91 Å². The topological polar surface area (TPSA) is 51.0 Å². The van der Waals surface area contributed by atoms with Gasteiger partial charge in [0, 0.05) is 18.5 Å². The molecule has 2 heterocycles. The van der Waals surface area contributed by atoms with E-state index < -0.39 is 0 Å². The lowest BCUT2D eigenvalue weighted by molar-refractivity contribution is -0.142. The van der Waals surface area contributed by atoms with Crippen molar-refractivity contribution in [2.75, 3.05) is 0 Å². The Morgan fingerprint density at radius 2 is 1.92 bits per heavy atom. The average Bonchev–Trinajstić information content (AvgIpc) is 2.91. The van der Waals surface area contributed by atoms with Crippen LogP contribution in [0, 0.1) is 19.8 Å². The number of hydrogen-bond acceptors (Lipinski definition) is 3. The van der Waals surface area contributed by atoms with E-state index in [0.29, 0.717) is 13.1 Å². The molecule has 1 atom stereocenters. The van der Waals surface area contributed by atoms with Gasteiger partial charge in [-0.15, -0.1) is 0 Å². The van der Waals surface area contributed by atoms with E-state index in [-0.39, 0.29) is 17.4 Å². The second-order valence-electron chi connectivity index (χ2n) is 8.07. The van der Waals surface area contributed by atoms with Crippen LogP contribution in [-0.4, -0.2) is 31.1 Å². The third-order valence-electron chi connectivity index (χ3n) is 4.85. The van der Waals surface area contributed by atoms with Gasteiger partial charge in [-0.3, -0.25) is 4.79 Å². The number of amides is 1. The summed E-state index contributed by atoms with van der Waals surface area (Å²) in [5.41, 5.74) is 2.18. The Bertz CT molecular complexity index is 755. The maximum atomic E-state index is 13.3. The van der Waals surface area contributed by atoms with Crippen LogP contribution in [0.2, 0.25) is 0 Å². The Hall–Kier alpha value is -2.17. The Balaban J connectivity index is 1.79. The number of benzene rings is 1. The highest BCUT2D eigenvalue weighted by Gasteiger charge is 2.34. The normalized spacial score (nSPS) is 17.2. The molecule has 134 valence electrons. The van der Waals surface area contributed by atoms with E-state index in [1.165, 1.54) is 11.1 Å². The summed E-state index contributed by atoms with van der Waals surface area (Å²) in [5, 5.41) is 4.43. The summed E-state index contributed by atoms with van der Waals surface area (Å²) in [7, 11) is 0. The predicted molar refractivity (Wildman–Crippen MR) is 98.1 cm³/mol. The first-order valence-electron chi connectivity index (χ1n) is 9.01. The molecular weight excluding hydrogens is 312 g/mol. The van der Waals surface area contributed by atoms with Crippen molar-refractivity contribution in [2.45, 2.75) is 66.1 Å². The fourth-order valence-electron chi connectivity index (χ4n) is 3.38. The second kappa shape index (κ2) is 6.62. The first-order chi connectivity index (χ1) is 11.7. The minimum Gasteiger partial charge on any atom is -0.333 e. The maximum absolute atomic E-state index is 13.3. The van der Waals surface area contributed by atoms with E-state index in [1.807, 2.05) is 16.5 Å². The Morgan fingerprint density at radius 3 is 2.56 bits per heavy atom. The first kappa shape index (κ1) is 17.6. The third kappa shape index (κ3) is 3.91. The molecule has 1 aliphatic rings. The molecule has 1 amide bonds. The van der Waals surface area contributed by atoms with Crippen LogP contribution in [0.5, 0.6) is 0 Å². The van der Waals surface area contributed by atoms with Crippen molar-refractivity contribution in [1.29, 1.82) is 0 Å². The average molecular weight is 340 g/mol. The lowest BCUT2D eigenvalue weighted by atomic mass is 9.94. The molecule has 5 nitrogen and oxygen atoms in total. The number of carbonyl (C=O) groups excluding carboxylic acids is 1. The minimum atomic E-state index is -0.222. The van der Waals surface area contributed by atoms with E-state index in [9.17, 15) is 4.79 Å². The zero-order valence-electron chi connectivity index (χ0n) is 15.9. The monoisotopic (exact) mass is 340 g/mol. The summed E-state index contributed by atoms with van der Waals surface area (Å²) in [5.74, 6) is 1.97. The Kier molecular flexibility index (Phi) is 4.67. The van der Waals surface area contributed by atoms with Crippen LogP contribution in [-0.2, 0) is 24.3 Å². The molecule has 1 aliphatic heterocycles. The van der Waals surface area contributed by atoms with Crippen molar-refractivity contribution in [3.8, 4) is 0 Å². The van der Waals surface area contributed by atoms with Gasteiger partial charge in [0.1, 0.15) is 11.6 Å². The van der Waals surface area contributed by atoms with Gasteiger partial charge in [-0.2, -0.15) is 5.10 Å². The fourth-order valence-corrected chi connectivity index (χ4v) is 3.38. The molecule has 0 fully saturated rings. The van der Waals surface area contributed by atoms with Crippen LogP contribution in [0.3, 0.4) is 0 Å². The Morgan fingerprint density at radius 1 is 1.24 bits per heavy atom. The summed E-state index contributed by atoms with van der Waals surface area (Å²) in [6.45, 7) is 11.6. The second-order valence-corrected chi connectivity index (χ2v) is 8.07. The van der Waals surface area contributed by atoms with E-state index in [2.05, 4.69) is 62.0 Å². The summed E-state index contributed by atoms with van der Waals surface area (Å²) >= 11 is 0. The molecule has 1 unspecified atom stereocenters. The van der Waals surface area contributed by atoms with Crippen LogP contribution in [0.15, 0.2) is 24.3 Å². The third-order valence-corrected chi connectivity index (χ3v) is 4.85. The van der Waals surface area contributed by atoms with Gasteiger partial charge in [-0.1, -0.05) is 29.8 Å². The highest BCUT2D eigenvalue weighted by molar-refractivity contribution is 5.79. The summed E-state index contributed by atoms with van der Waals surface area (Å²) in [6.07, 6.45) is 1.66. The molecule has 2 aromatic rings. The lowest BCUT2D eigenvalue weighted by Gasteiger charge is -2.39. The highest BCUT2D eigenvalue weighted by atomic mass is 16.2. The number of carbonyl (C=O) groups is 1. The number of rotatable bonds is 3. The predicted octanol–water partition coefficient (Wildman–Crippen LogP) is 3.28. The largest absolute Gasteiger partial charge is 0.333 e. The van der Waals surface area contributed by atoms with Gasteiger partial charge in [0.2, 0.25) is 5.91 Å². The van der Waals surface area contributed by atoms with Crippen LogP contribution < -0.4 is 0 Å². The van der Waals surface area contributed by atoms with Crippen LogP contribution in [0.4, 0.5) is 0 Å². The van der Waals surface area contributed by atoms with Gasteiger partial charge in [-0.25, -0.2) is 9.67 Å². The molecule has 0 N–H and O–H groups in total. The zero-order chi connectivity index (χ0) is 18.2. The van der Waals surface area contributed by atoms with E-state index in [0.717, 1.165) is 24.5 Å². The minimum absolute atomic E-state index is 0.0294. The van der Waals surface area contributed by atoms with Crippen molar-refractivity contribution in [2.24, 2.45) is 5.92 Å². The number of aromatic nitrogens is 3. The maximum Gasteiger partial charge on any atom is 0.228 e. The van der Waals surface area contributed by atoms with Crippen LogP contribution in [0.1, 0.15) is 50.0 Å². The summed E-state index contributed by atoms with van der Waals surface area (Å²) < 4.78 is 1.91. The lowest BCUT2D eigenvalue weighted by Crippen LogP contribution is -2.49. The van der Waals surface area contributed by atoms with Gasteiger partial charge in [0.25, 0.3) is 0 Å². The van der Waals surface area contributed by atoms with Crippen molar-refractivity contribution < 1.29 is 4.79 Å². The quantitative estimate of drug-likeness (QED) is 0.861. The van der Waals surface area contributed by atoms with Crippen molar-refractivity contribution in [1.82, 2.24) is 19.7 Å². The molecule has 1 aromatic carbocycles. The van der Waals surface area contributed by atoms with Gasteiger partial charge < -0.3 is 4.90 Å². The molecule has 25 heavy (non-hydrogen) atoms.